The Kier molecular flexibility index (Phi) is 5.01. The predicted octanol–water partition coefficient (Wildman–Crippen LogP) is 4.94. The highest BCUT2D eigenvalue weighted by molar-refractivity contribution is 7.21. The first-order valence-corrected chi connectivity index (χ1v) is 9.54. The van der Waals surface area contributed by atoms with E-state index in [-0.39, 0.29) is 11.3 Å². The molecule has 0 unspecified atom stereocenters. The number of nitro groups is 2. The molecule has 0 aliphatic heterocycles. The van der Waals surface area contributed by atoms with Crippen LogP contribution >= 0.6 is 11.3 Å². The molecule has 0 saturated heterocycles. The molecule has 0 atom stereocenters. The maximum Gasteiger partial charge on any atom is 0.318 e. The Morgan fingerprint density at radius 3 is 2.48 bits per heavy atom. The van der Waals surface area contributed by atoms with Crippen LogP contribution in [0.4, 0.5) is 17.1 Å². The van der Waals surface area contributed by atoms with E-state index < -0.39 is 27.0 Å². The van der Waals surface area contributed by atoms with Gasteiger partial charge in [0.2, 0.25) is 5.75 Å². The predicted molar refractivity (Wildman–Crippen MR) is 115 cm³/mol. The molecule has 4 rings (SSSR count). The summed E-state index contributed by atoms with van der Waals surface area (Å²) in [5, 5.41) is 43.1. The number of phenols is 2. The van der Waals surface area contributed by atoms with Crippen molar-refractivity contribution in [3.63, 3.8) is 0 Å². The van der Waals surface area contributed by atoms with E-state index in [1.54, 1.807) is 6.07 Å². The Balaban J connectivity index is 1.74. The highest BCUT2D eigenvalue weighted by Gasteiger charge is 2.23. The topological polar surface area (TPSA) is 152 Å². The van der Waals surface area contributed by atoms with Crippen molar-refractivity contribution >= 4 is 44.8 Å². The van der Waals surface area contributed by atoms with E-state index in [2.05, 4.69) is 9.98 Å². The van der Waals surface area contributed by atoms with Gasteiger partial charge in [0.25, 0.3) is 5.69 Å². The van der Waals surface area contributed by atoms with Gasteiger partial charge in [0.15, 0.2) is 0 Å². The summed E-state index contributed by atoms with van der Waals surface area (Å²) < 4.78 is 0.944. The minimum Gasteiger partial charge on any atom is -0.507 e. The number of fused-ring (bicyclic) bond motifs is 1. The SMILES string of the molecule is O=[N+]([O-])c1cc(C=Nc2ccc(O)c(-c3nc4ccccc4s3)c2)c(O)c([N+](=O)[O-])c1. The van der Waals surface area contributed by atoms with Crippen LogP contribution in [0.15, 0.2) is 59.6 Å². The van der Waals surface area contributed by atoms with Gasteiger partial charge < -0.3 is 10.2 Å². The number of non-ortho nitro benzene ring substituents is 1. The van der Waals surface area contributed by atoms with Crippen LogP contribution in [0.2, 0.25) is 0 Å². The minimum absolute atomic E-state index is 0.00756. The third-order valence-corrected chi connectivity index (χ3v) is 5.44. The lowest BCUT2D eigenvalue weighted by Gasteiger charge is -2.03. The standard InChI is InChI=1S/C20H12N4O6S/c25-17-6-5-12(8-14(17)20-22-15-3-1-2-4-18(15)31-20)21-10-11-7-13(23(27)28)9-16(19(11)26)24(29)30/h1-10,25-26H. The maximum atomic E-state index is 11.1. The van der Waals surface area contributed by atoms with Crippen molar-refractivity contribution in [1.29, 1.82) is 0 Å². The van der Waals surface area contributed by atoms with E-state index in [9.17, 15) is 30.4 Å². The first kappa shape index (κ1) is 19.9. The quantitative estimate of drug-likeness (QED) is 0.255. The fourth-order valence-electron chi connectivity index (χ4n) is 2.88. The summed E-state index contributed by atoms with van der Waals surface area (Å²) in [5.41, 5.74) is 0.0363. The molecule has 0 bridgehead atoms. The Bertz CT molecular complexity index is 1350. The number of nitrogens with zero attached hydrogens (tertiary/aromatic N) is 4. The summed E-state index contributed by atoms with van der Waals surface area (Å²) in [4.78, 5) is 29.1. The molecule has 0 radical (unpaired) electrons. The Morgan fingerprint density at radius 2 is 1.77 bits per heavy atom. The van der Waals surface area contributed by atoms with Gasteiger partial charge in [0.05, 0.1) is 37.4 Å². The van der Waals surface area contributed by atoms with Crippen LogP contribution in [-0.2, 0) is 0 Å². The molecule has 4 aromatic rings. The molecule has 0 amide bonds. The fraction of sp³-hybridized carbons (Fsp3) is 0. The number of benzene rings is 3. The lowest BCUT2D eigenvalue weighted by Crippen LogP contribution is -1.96. The molecule has 11 heteroatoms. The second-order valence-corrected chi connectivity index (χ2v) is 7.39. The molecule has 10 nitrogen and oxygen atoms in total. The average molecular weight is 436 g/mol. The third kappa shape index (κ3) is 3.89. The number of aromatic nitrogens is 1. The van der Waals surface area contributed by atoms with E-state index >= 15 is 0 Å². The maximum absolute atomic E-state index is 11.1. The molecule has 1 aromatic heterocycles. The molecule has 3 aromatic carbocycles. The van der Waals surface area contributed by atoms with Gasteiger partial charge in [-0.2, -0.15) is 0 Å². The molecule has 31 heavy (non-hydrogen) atoms. The van der Waals surface area contributed by atoms with Crippen LogP contribution in [0.5, 0.6) is 11.5 Å². The minimum atomic E-state index is -0.911. The third-order valence-electron chi connectivity index (χ3n) is 4.37. The van der Waals surface area contributed by atoms with Gasteiger partial charge in [-0.15, -0.1) is 11.3 Å². The molecular weight excluding hydrogens is 424 g/mol. The number of phenolic OH excluding ortho intramolecular Hbond substituents is 2. The molecule has 0 aliphatic carbocycles. The van der Waals surface area contributed by atoms with Gasteiger partial charge in [0.1, 0.15) is 10.8 Å². The molecular formula is C20H12N4O6S. The van der Waals surface area contributed by atoms with Crippen LogP contribution in [-0.4, -0.2) is 31.3 Å². The van der Waals surface area contributed by atoms with Crippen molar-refractivity contribution in [2.75, 3.05) is 0 Å². The monoisotopic (exact) mass is 436 g/mol. The highest BCUT2D eigenvalue weighted by atomic mass is 32.1. The molecule has 2 N–H and O–H groups in total. The van der Waals surface area contributed by atoms with E-state index in [0.717, 1.165) is 22.5 Å². The van der Waals surface area contributed by atoms with E-state index in [1.807, 2.05) is 24.3 Å². The van der Waals surface area contributed by atoms with E-state index in [0.29, 0.717) is 22.3 Å². The van der Waals surface area contributed by atoms with Crippen molar-refractivity contribution in [2.45, 2.75) is 0 Å². The van der Waals surface area contributed by atoms with Crippen molar-refractivity contribution in [1.82, 2.24) is 4.98 Å². The summed E-state index contributed by atoms with van der Waals surface area (Å²) in [6.45, 7) is 0. The van der Waals surface area contributed by atoms with Gasteiger partial charge in [-0.05, 0) is 30.3 Å². The first-order chi connectivity index (χ1) is 14.8. The van der Waals surface area contributed by atoms with E-state index in [1.165, 1.54) is 23.5 Å². The number of aromatic hydroxyl groups is 2. The number of para-hydroxylation sites is 1. The number of rotatable bonds is 5. The van der Waals surface area contributed by atoms with Gasteiger partial charge in [-0.3, -0.25) is 25.2 Å². The normalized spacial score (nSPS) is 11.2. The van der Waals surface area contributed by atoms with Crippen molar-refractivity contribution in [2.24, 2.45) is 4.99 Å². The lowest BCUT2D eigenvalue weighted by molar-refractivity contribution is -0.394. The second-order valence-electron chi connectivity index (χ2n) is 6.36. The van der Waals surface area contributed by atoms with Crippen molar-refractivity contribution < 1.29 is 20.1 Å². The summed E-state index contributed by atoms with van der Waals surface area (Å²) >= 11 is 1.39. The Morgan fingerprint density at radius 1 is 1.00 bits per heavy atom. The number of aliphatic imine (C=N–C) groups is 1. The molecule has 0 spiro atoms. The molecule has 0 saturated carbocycles. The Hall–Kier alpha value is -4.38. The van der Waals surface area contributed by atoms with E-state index in [4.69, 9.17) is 0 Å². The zero-order valence-corrected chi connectivity index (χ0v) is 16.3. The number of thiazole rings is 1. The Labute approximate surface area is 177 Å². The second kappa shape index (κ2) is 7.80. The lowest BCUT2D eigenvalue weighted by atomic mass is 10.1. The summed E-state index contributed by atoms with van der Waals surface area (Å²) in [5.74, 6) is -0.739. The zero-order valence-electron chi connectivity index (χ0n) is 15.5. The average Bonchev–Trinajstić information content (AvgIpc) is 3.17. The van der Waals surface area contributed by atoms with Crippen molar-refractivity contribution in [3.8, 4) is 22.1 Å². The van der Waals surface area contributed by atoms with Crippen LogP contribution in [0.1, 0.15) is 5.56 Å². The van der Waals surface area contributed by atoms with Crippen molar-refractivity contribution in [3.05, 3.63) is 80.4 Å². The van der Waals surface area contributed by atoms with Crippen LogP contribution in [0, 0.1) is 20.2 Å². The van der Waals surface area contributed by atoms with Gasteiger partial charge in [-0.1, -0.05) is 12.1 Å². The smallest absolute Gasteiger partial charge is 0.318 e. The molecule has 0 fully saturated rings. The summed E-state index contributed by atoms with van der Waals surface area (Å²) in [7, 11) is 0. The van der Waals surface area contributed by atoms with Gasteiger partial charge in [-0.25, -0.2) is 4.98 Å². The van der Waals surface area contributed by atoms with Crippen LogP contribution in [0.25, 0.3) is 20.8 Å². The number of hydrogen-bond donors (Lipinski definition) is 2. The molecule has 1 heterocycles. The van der Waals surface area contributed by atoms with Crippen LogP contribution in [0.3, 0.4) is 0 Å². The first-order valence-electron chi connectivity index (χ1n) is 8.72. The fourth-order valence-corrected chi connectivity index (χ4v) is 3.87. The number of hydrogen-bond acceptors (Lipinski definition) is 9. The number of nitro benzene ring substituents is 2. The molecule has 0 aliphatic rings. The zero-order chi connectivity index (χ0) is 22.1. The largest absolute Gasteiger partial charge is 0.507 e. The summed E-state index contributed by atoms with van der Waals surface area (Å²) in [6, 6.07) is 13.6. The molecule has 154 valence electrons. The highest BCUT2D eigenvalue weighted by Crippen LogP contribution is 2.38. The van der Waals surface area contributed by atoms with Crippen LogP contribution < -0.4 is 0 Å². The summed E-state index contributed by atoms with van der Waals surface area (Å²) in [6.07, 6.45) is 1.09. The van der Waals surface area contributed by atoms with Gasteiger partial charge in [0, 0.05) is 17.8 Å². The van der Waals surface area contributed by atoms with Gasteiger partial charge >= 0.3 is 5.69 Å².